The van der Waals surface area contributed by atoms with E-state index >= 15 is 0 Å². The van der Waals surface area contributed by atoms with Crippen molar-refractivity contribution in [1.82, 2.24) is 4.90 Å². The Labute approximate surface area is 135 Å². The fourth-order valence-electron chi connectivity index (χ4n) is 2.73. The summed E-state index contributed by atoms with van der Waals surface area (Å²) in [6, 6.07) is 13.6. The first-order chi connectivity index (χ1) is 10.6. The van der Waals surface area contributed by atoms with E-state index in [0.717, 1.165) is 29.9 Å². The molecule has 0 radical (unpaired) electrons. The van der Waals surface area contributed by atoms with Gasteiger partial charge < -0.3 is 4.90 Å². The minimum Gasteiger partial charge on any atom is -0.309 e. The highest BCUT2D eigenvalue weighted by Crippen LogP contribution is 2.40. The largest absolute Gasteiger partial charge is 0.309 e. The third kappa shape index (κ3) is 3.26. The Morgan fingerprint density at radius 3 is 2.77 bits per heavy atom. The second-order valence-electron chi connectivity index (χ2n) is 5.80. The van der Waals surface area contributed by atoms with Crippen LogP contribution in [0.4, 0.5) is 4.39 Å². The van der Waals surface area contributed by atoms with Gasteiger partial charge in [-0.2, -0.15) is 0 Å². The molecule has 1 aliphatic rings. The fraction of sp³-hybridized carbons (Fsp3) is 0.263. The summed E-state index contributed by atoms with van der Waals surface area (Å²) in [5.74, 6) is 0.721. The van der Waals surface area contributed by atoms with E-state index in [1.54, 1.807) is 12.1 Å². The Morgan fingerprint density at radius 2 is 1.95 bits per heavy atom. The molecule has 2 aromatic carbocycles. The van der Waals surface area contributed by atoms with Gasteiger partial charge in [0, 0.05) is 17.2 Å². The van der Waals surface area contributed by atoms with E-state index in [1.165, 1.54) is 16.0 Å². The van der Waals surface area contributed by atoms with Crippen LogP contribution in [0.3, 0.4) is 0 Å². The first-order valence-electron chi connectivity index (χ1n) is 7.51. The summed E-state index contributed by atoms with van der Waals surface area (Å²) in [5.41, 5.74) is 4.63. The van der Waals surface area contributed by atoms with E-state index in [2.05, 4.69) is 49.3 Å². The number of thioether (sulfide) groups is 1. The lowest BCUT2D eigenvalue weighted by Gasteiger charge is -2.13. The number of fused-ring (bicyclic) bond motifs is 2. The number of rotatable bonds is 3. The topological polar surface area (TPSA) is 3.24 Å². The van der Waals surface area contributed by atoms with Gasteiger partial charge in [-0.3, -0.25) is 0 Å². The van der Waals surface area contributed by atoms with Crippen LogP contribution in [-0.4, -0.2) is 25.5 Å². The zero-order chi connectivity index (χ0) is 15.5. The van der Waals surface area contributed by atoms with E-state index < -0.39 is 0 Å². The van der Waals surface area contributed by atoms with Crippen LogP contribution in [0.2, 0.25) is 0 Å². The number of hydrogen-bond donors (Lipinski definition) is 0. The molecule has 1 nitrogen and oxygen atoms in total. The van der Waals surface area contributed by atoms with Gasteiger partial charge in [-0.05, 0) is 61.0 Å². The molecule has 0 aliphatic carbocycles. The number of halogens is 1. The molecule has 3 heteroatoms. The maximum absolute atomic E-state index is 13.8. The second-order valence-corrected chi connectivity index (χ2v) is 6.81. The van der Waals surface area contributed by atoms with Gasteiger partial charge in [-0.1, -0.05) is 30.3 Å². The summed E-state index contributed by atoms with van der Waals surface area (Å²) < 4.78 is 13.8. The van der Waals surface area contributed by atoms with Crippen LogP contribution in [0, 0.1) is 5.82 Å². The standard InChI is InChI=1S/C19H20FNS/c1-21(2)11-5-7-16-17-6-3-4-8-19(17)22-13-14-9-10-15(20)12-18(14)16/h3-4,6-10,12H,5,11,13H2,1-2H3/b16-7-/i20-1. The first-order valence-corrected chi connectivity index (χ1v) is 8.49. The van der Waals surface area contributed by atoms with E-state index in [-0.39, 0.29) is 5.82 Å². The predicted molar refractivity (Wildman–Crippen MR) is 92.7 cm³/mol. The van der Waals surface area contributed by atoms with Crippen molar-refractivity contribution < 1.29 is 4.39 Å². The molecule has 0 spiro atoms. The van der Waals surface area contributed by atoms with Crippen molar-refractivity contribution in [3.63, 3.8) is 0 Å². The highest BCUT2D eigenvalue weighted by Gasteiger charge is 2.18. The molecule has 0 fully saturated rings. The van der Waals surface area contributed by atoms with Gasteiger partial charge in [0.15, 0.2) is 0 Å². The molecule has 0 N–H and O–H groups in total. The average molecular weight is 312 g/mol. The van der Waals surface area contributed by atoms with Crippen LogP contribution in [0.15, 0.2) is 53.4 Å². The first kappa shape index (κ1) is 15.3. The minimum atomic E-state index is -0.165. The van der Waals surface area contributed by atoms with Crippen LogP contribution in [0.1, 0.15) is 23.1 Å². The molecule has 1 aliphatic heterocycles. The van der Waals surface area contributed by atoms with Crippen molar-refractivity contribution in [2.75, 3.05) is 20.6 Å². The second kappa shape index (κ2) is 6.67. The van der Waals surface area contributed by atoms with Gasteiger partial charge in [0.25, 0.3) is 0 Å². The summed E-state index contributed by atoms with van der Waals surface area (Å²) in [7, 11) is 4.14. The summed E-state index contributed by atoms with van der Waals surface area (Å²) in [6.45, 7) is 0.990. The summed E-state index contributed by atoms with van der Waals surface area (Å²) in [4.78, 5) is 3.44. The lowest BCUT2D eigenvalue weighted by molar-refractivity contribution is 0.417. The van der Waals surface area contributed by atoms with Gasteiger partial charge >= 0.3 is 0 Å². The predicted octanol–water partition coefficient (Wildman–Crippen LogP) is 4.81. The minimum absolute atomic E-state index is 0.165. The molecule has 0 atom stereocenters. The van der Waals surface area contributed by atoms with Crippen molar-refractivity contribution in [1.29, 1.82) is 0 Å². The Bertz CT molecular complexity index is 706. The van der Waals surface area contributed by atoms with Crippen LogP contribution in [0.25, 0.3) is 5.57 Å². The molecule has 0 amide bonds. The SMILES string of the molecule is CN(C)CC/C=C1\c2cc([18F])ccc2CSc2ccccc21. The van der Waals surface area contributed by atoms with E-state index in [0.29, 0.717) is 0 Å². The Kier molecular flexibility index (Phi) is 4.65. The number of benzene rings is 2. The maximum Gasteiger partial charge on any atom is 0.123 e. The molecule has 0 saturated carbocycles. The Hall–Kier alpha value is -1.58. The molecule has 114 valence electrons. The third-order valence-electron chi connectivity index (χ3n) is 3.85. The third-order valence-corrected chi connectivity index (χ3v) is 4.97. The van der Waals surface area contributed by atoms with E-state index in [1.807, 2.05) is 17.8 Å². The molecule has 0 bridgehead atoms. The lowest BCUT2D eigenvalue weighted by atomic mass is 9.93. The number of nitrogens with zero attached hydrogens (tertiary/aromatic N) is 1. The van der Waals surface area contributed by atoms with Crippen LogP contribution < -0.4 is 0 Å². The van der Waals surface area contributed by atoms with Gasteiger partial charge in [-0.25, -0.2) is 4.39 Å². The van der Waals surface area contributed by atoms with Crippen molar-refractivity contribution in [2.24, 2.45) is 0 Å². The Morgan fingerprint density at radius 1 is 1.14 bits per heavy atom. The molecular formula is C19H20FNS. The van der Waals surface area contributed by atoms with Gasteiger partial charge in [0.1, 0.15) is 5.82 Å². The summed E-state index contributed by atoms with van der Waals surface area (Å²) in [5, 5.41) is 0. The molecule has 0 unspecified atom stereocenters. The van der Waals surface area contributed by atoms with Crippen LogP contribution in [0.5, 0.6) is 0 Å². The maximum atomic E-state index is 13.8. The zero-order valence-electron chi connectivity index (χ0n) is 13.0. The molecule has 22 heavy (non-hydrogen) atoms. The van der Waals surface area contributed by atoms with Crippen LogP contribution in [-0.2, 0) is 5.75 Å². The van der Waals surface area contributed by atoms with Crippen molar-refractivity contribution in [2.45, 2.75) is 17.1 Å². The molecule has 2 aromatic rings. The molecule has 1 heterocycles. The zero-order valence-corrected chi connectivity index (χ0v) is 13.8. The summed E-state index contributed by atoms with van der Waals surface area (Å²) in [6.07, 6.45) is 3.21. The highest BCUT2D eigenvalue weighted by molar-refractivity contribution is 7.98. The van der Waals surface area contributed by atoms with Crippen molar-refractivity contribution in [3.05, 3.63) is 71.0 Å². The average Bonchev–Trinajstić information content (AvgIpc) is 2.65. The number of hydrogen-bond acceptors (Lipinski definition) is 2. The molecule has 0 aromatic heterocycles. The van der Waals surface area contributed by atoms with Crippen molar-refractivity contribution in [3.8, 4) is 0 Å². The van der Waals surface area contributed by atoms with Gasteiger partial charge in [-0.15, -0.1) is 11.8 Å². The normalized spacial score (nSPS) is 15.5. The van der Waals surface area contributed by atoms with Gasteiger partial charge in [0.2, 0.25) is 0 Å². The lowest BCUT2D eigenvalue weighted by Crippen LogP contribution is -2.12. The molecule has 3 rings (SSSR count). The molecule has 0 saturated heterocycles. The van der Waals surface area contributed by atoms with Crippen LogP contribution >= 0.6 is 11.8 Å². The fourth-order valence-corrected chi connectivity index (χ4v) is 3.80. The summed E-state index contributed by atoms with van der Waals surface area (Å²) >= 11 is 1.83. The monoisotopic (exact) mass is 312 g/mol. The highest BCUT2D eigenvalue weighted by atomic mass is 32.2. The Balaban J connectivity index is 2.10. The van der Waals surface area contributed by atoms with E-state index in [4.69, 9.17) is 0 Å². The quantitative estimate of drug-likeness (QED) is 0.800. The van der Waals surface area contributed by atoms with E-state index in [9.17, 15) is 4.39 Å². The molecular weight excluding hydrogens is 292 g/mol. The van der Waals surface area contributed by atoms with Crippen molar-refractivity contribution >= 4 is 17.3 Å². The smallest absolute Gasteiger partial charge is 0.123 e. The van der Waals surface area contributed by atoms with Gasteiger partial charge in [0.05, 0.1) is 0 Å².